The lowest BCUT2D eigenvalue weighted by Gasteiger charge is -2.34. The zero-order valence-corrected chi connectivity index (χ0v) is 19.3. The molecular weight excluding hydrogens is 424 g/mol. The van der Waals surface area contributed by atoms with E-state index in [0.29, 0.717) is 4.77 Å². The second kappa shape index (κ2) is 8.87. The van der Waals surface area contributed by atoms with Gasteiger partial charge < -0.3 is 4.98 Å². The number of nitrogens with zero attached hydrogens (tertiary/aromatic N) is 1. The monoisotopic (exact) mass is 446 g/mol. The molecule has 0 aliphatic rings. The summed E-state index contributed by atoms with van der Waals surface area (Å²) in [5, 5.41) is 5.45. The zero-order chi connectivity index (χ0) is 21.8. The molecule has 1 heterocycles. The number of aromatic amines is 1. The molecule has 1 aromatic heterocycles. The van der Waals surface area contributed by atoms with E-state index in [0.717, 1.165) is 11.3 Å². The maximum absolute atomic E-state index is 5.22. The van der Waals surface area contributed by atoms with Gasteiger partial charge in [0.05, 0.1) is 0 Å². The molecule has 1 N–H and O–H groups in total. The quantitative estimate of drug-likeness (QED) is 0.249. The number of hydrogen-bond donors (Lipinski definition) is 1. The van der Waals surface area contributed by atoms with Crippen molar-refractivity contribution in [2.24, 2.45) is 0 Å². The maximum Gasteiger partial charge on any atom is 0.197 e. The molecule has 0 unspecified atom stereocenters. The van der Waals surface area contributed by atoms with Crippen LogP contribution >= 0.6 is 12.2 Å². The Labute approximate surface area is 194 Å². The fourth-order valence-corrected chi connectivity index (χ4v) is 9.42. The predicted molar refractivity (Wildman–Crippen MR) is 138 cm³/mol. The Morgan fingerprint density at radius 2 is 0.969 bits per heavy atom. The summed E-state index contributed by atoms with van der Waals surface area (Å²) in [6.45, 7) is 0. The molecule has 0 amide bonds. The second-order valence-corrected chi connectivity index (χ2v) is 11.9. The van der Waals surface area contributed by atoms with Crippen LogP contribution in [0, 0.1) is 4.77 Å². The van der Waals surface area contributed by atoms with E-state index in [9.17, 15) is 0 Å². The van der Waals surface area contributed by atoms with E-state index in [4.69, 9.17) is 12.2 Å². The third kappa shape index (κ3) is 3.64. The van der Waals surface area contributed by atoms with E-state index in [2.05, 4.69) is 125 Å². The summed E-state index contributed by atoms with van der Waals surface area (Å²) in [7, 11) is -2.48. The molecule has 5 rings (SSSR count). The number of H-pyrrole nitrogens is 1. The van der Waals surface area contributed by atoms with Gasteiger partial charge in [0.15, 0.2) is 12.8 Å². The minimum Gasteiger partial charge on any atom is -0.330 e. The fourth-order valence-electron chi connectivity index (χ4n) is 4.50. The van der Waals surface area contributed by atoms with Crippen LogP contribution in [0.5, 0.6) is 0 Å². The van der Waals surface area contributed by atoms with Crippen molar-refractivity contribution >= 4 is 41.0 Å². The van der Waals surface area contributed by atoms with E-state index < -0.39 is 8.07 Å². The molecule has 0 aliphatic carbocycles. The molecule has 0 aliphatic heterocycles. The van der Waals surface area contributed by atoms with Gasteiger partial charge in [0.25, 0.3) is 0 Å². The van der Waals surface area contributed by atoms with Crippen molar-refractivity contribution in [3.63, 3.8) is 0 Å². The summed E-state index contributed by atoms with van der Waals surface area (Å²) in [6, 6.07) is 43.7. The molecule has 0 spiro atoms. The number of nitrogens with one attached hydrogen (secondary N) is 1. The van der Waals surface area contributed by atoms with Gasteiger partial charge in [0.1, 0.15) is 0 Å². The van der Waals surface area contributed by atoms with Crippen molar-refractivity contribution in [3.8, 4) is 11.3 Å². The minimum absolute atomic E-state index is 0.494. The number of benzene rings is 4. The van der Waals surface area contributed by atoms with Crippen LogP contribution in [0.4, 0.5) is 0 Å². The van der Waals surface area contributed by atoms with Crippen molar-refractivity contribution in [2.75, 3.05) is 0 Å². The highest BCUT2D eigenvalue weighted by Crippen LogP contribution is 2.16. The third-order valence-electron chi connectivity index (χ3n) is 5.92. The normalized spacial score (nSPS) is 11.2. The average molecular weight is 447 g/mol. The Bertz CT molecular complexity index is 1270. The summed E-state index contributed by atoms with van der Waals surface area (Å²) < 4.78 is 0.494. The van der Waals surface area contributed by atoms with Gasteiger partial charge in [-0.05, 0) is 44.6 Å². The molecule has 32 heavy (non-hydrogen) atoms. The van der Waals surface area contributed by atoms with Gasteiger partial charge >= 0.3 is 0 Å². The number of rotatable bonds is 5. The Kier molecular flexibility index (Phi) is 5.63. The topological polar surface area (TPSA) is 28.7 Å². The van der Waals surface area contributed by atoms with Crippen molar-refractivity contribution in [3.05, 3.63) is 132 Å². The van der Waals surface area contributed by atoms with E-state index in [-0.39, 0.29) is 0 Å². The van der Waals surface area contributed by atoms with Gasteiger partial charge in [-0.1, -0.05) is 115 Å². The molecule has 4 aromatic carbocycles. The van der Waals surface area contributed by atoms with E-state index in [1.54, 1.807) is 6.20 Å². The highest BCUT2D eigenvalue weighted by atomic mass is 32.1. The number of aromatic nitrogens is 2. The summed E-state index contributed by atoms with van der Waals surface area (Å²) in [6.07, 6.45) is 1.75. The Morgan fingerprint density at radius 1 is 0.531 bits per heavy atom. The minimum atomic E-state index is -2.48. The van der Waals surface area contributed by atoms with Crippen LogP contribution in [-0.4, -0.2) is 18.0 Å². The molecule has 0 radical (unpaired) electrons. The maximum atomic E-state index is 5.22. The van der Waals surface area contributed by atoms with E-state index in [1.807, 2.05) is 6.07 Å². The van der Waals surface area contributed by atoms with Crippen LogP contribution in [0.25, 0.3) is 11.3 Å². The molecule has 4 heteroatoms. The zero-order valence-electron chi connectivity index (χ0n) is 17.5. The van der Waals surface area contributed by atoms with Crippen LogP contribution in [0.2, 0.25) is 0 Å². The molecule has 0 bridgehead atoms. The lowest BCUT2D eigenvalue weighted by atomic mass is 10.1. The van der Waals surface area contributed by atoms with Gasteiger partial charge in [-0.25, -0.2) is 4.98 Å². The van der Waals surface area contributed by atoms with Crippen molar-refractivity contribution < 1.29 is 0 Å². The summed E-state index contributed by atoms with van der Waals surface area (Å²) >= 11 is 5.22. The molecule has 154 valence electrons. The second-order valence-electron chi connectivity index (χ2n) is 7.71. The Balaban J connectivity index is 1.78. The number of hydrogen-bond acceptors (Lipinski definition) is 2. The molecule has 2 nitrogen and oxygen atoms in total. The van der Waals surface area contributed by atoms with E-state index >= 15 is 0 Å². The van der Waals surface area contributed by atoms with Gasteiger partial charge in [-0.15, -0.1) is 0 Å². The predicted octanol–water partition coefficient (Wildman–Crippen LogP) is 4.18. The van der Waals surface area contributed by atoms with Gasteiger partial charge in [-0.2, -0.15) is 0 Å². The molecule has 0 saturated heterocycles. The SMILES string of the molecule is S=c1nccc(-c2ccc([Si](c3ccccc3)(c3ccccc3)c3ccccc3)cc2)[nH]1. The average Bonchev–Trinajstić information content (AvgIpc) is 2.87. The van der Waals surface area contributed by atoms with Gasteiger partial charge in [0, 0.05) is 11.9 Å². The molecule has 5 aromatic rings. The largest absolute Gasteiger partial charge is 0.330 e. The third-order valence-corrected chi connectivity index (χ3v) is 10.9. The first-order valence-corrected chi connectivity index (χ1v) is 13.0. The molecular formula is C28H22N2SSi. The standard InChI is InChI=1S/C28H22N2SSi/c31-28-29-21-20-27(30-28)22-16-18-26(19-17-22)32(23-10-4-1-5-11-23,24-12-6-2-7-13-24)25-14-8-3-9-15-25/h1-21H,(H,29,30,31). The Hall–Kier alpha value is -3.60. The Morgan fingerprint density at radius 3 is 1.41 bits per heavy atom. The lowest BCUT2D eigenvalue weighted by molar-refractivity contribution is 1.14. The summed E-state index contributed by atoms with van der Waals surface area (Å²) in [4.78, 5) is 7.30. The molecule has 0 saturated carbocycles. The van der Waals surface area contributed by atoms with Crippen LogP contribution < -0.4 is 20.7 Å². The van der Waals surface area contributed by atoms with Crippen molar-refractivity contribution in [2.45, 2.75) is 0 Å². The van der Waals surface area contributed by atoms with Crippen molar-refractivity contribution in [1.82, 2.24) is 9.97 Å². The van der Waals surface area contributed by atoms with Crippen molar-refractivity contribution in [1.29, 1.82) is 0 Å². The molecule has 0 fully saturated rings. The van der Waals surface area contributed by atoms with Crippen LogP contribution in [0.3, 0.4) is 0 Å². The first-order valence-electron chi connectivity index (χ1n) is 10.6. The first-order chi connectivity index (χ1) is 15.8. The summed E-state index contributed by atoms with van der Waals surface area (Å²) in [5.41, 5.74) is 2.07. The van der Waals surface area contributed by atoms with E-state index in [1.165, 1.54) is 20.7 Å². The van der Waals surface area contributed by atoms with Crippen LogP contribution in [0.15, 0.2) is 128 Å². The first kappa shape index (κ1) is 20.3. The summed E-state index contributed by atoms with van der Waals surface area (Å²) in [5.74, 6) is 0. The van der Waals surface area contributed by atoms with Crippen LogP contribution in [0.1, 0.15) is 0 Å². The fraction of sp³-hybridized carbons (Fsp3) is 0. The van der Waals surface area contributed by atoms with Gasteiger partial charge in [0.2, 0.25) is 0 Å². The molecule has 0 atom stereocenters. The van der Waals surface area contributed by atoms with Gasteiger partial charge in [-0.3, -0.25) is 0 Å². The van der Waals surface area contributed by atoms with Crippen LogP contribution in [-0.2, 0) is 0 Å². The highest BCUT2D eigenvalue weighted by Gasteiger charge is 2.41. The highest BCUT2D eigenvalue weighted by molar-refractivity contribution is 7.71. The smallest absolute Gasteiger partial charge is 0.197 e. The lowest BCUT2D eigenvalue weighted by Crippen LogP contribution is -2.74.